The summed E-state index contributed by atoms with van der Waals surface area (Å²) in [6, 6.07) is 24.7. The molecular weight excluding hydrogens is 444 g/mol. The van der Waals surface area contributed by atoms with E-state index in [0.717, 1.165) is 27.8 Å². The van der Waals surface area contributed by atoms with Crippen LogP contribution < -0.4 is 10.6 Å². The van der Waals surface area contributed by atoms with E-state index in [1.807, 2.05) is 66.7 Å². The van der Waals surface area contributed by atoms with Crippen molar-refractivity contribution in [1.82, 2.24) is 10.6 Å². The van der Waals surface area contributed by atoms with Crippen molar-refractivity contribution < 1.29 is 24.2 Å². The van der Waals surface area contributed by atoms with Gasteiger partial charge < -0.3 is 20.5 Å². The Balaban J connectivity index is 1.21. The second-order valence-corrected chi connectivity index (χ2v) is 8.48. The number of nitrogens with one attached hydrogen (secondary N) is 2. The largest absolute Gasteiger partial charge is 0.480 e. The molecule has 2 amide bonds. The zero-order chi connectivity index (χ0) is 24.6. The van der Waals surface area contributed by atoms with E-state index >= 15 is 0 Å². The second kappa shape index (κ2) is 11.3. The molecule has 7 nitrogen and oxygen atoms in total. The van der Waals surface area contributed by atoms with Crippen molar-refractivity contribution in [3.63, 3.8) is 0 Å². The molecule has 0 unspecified atom stereocenters. The summed E-state index contributed by atoms with van der Waals surface area (Å²) < 4.78 is 5.45. The maximum absolute atomic E-state index is 12.2. The topological polar surface area (TPSA) is 105 Å². The van der Waals surface area contributed by atoms with E-state index in [0.29, 0.717) is 6.42 Å². The van der Waals surface area contributed by atoms with Crippen molar-refractivity contribution in [2.24, 2.45) is 0 Å². The number of hydrogen-bond acceptors (Lipinski definition) is 4. The summed E-state index contributed by atoms with van der Waals surface area (Å²) in [7, 11) is 0. The lowest BCUT2D eigenvalue weighted by atomic mass is 9.98. The number of fused-ring (bicyclic) bond motifs is 3. The Hall–Kier alpha value is -4.13. The molecule has 0 radical (unpaired) electrons. The van der Waals surface area contributed by atoms with Crippen molar-refractivity contribution in [3.05, 3.63) is 95.6 Å². The lowest BCUT2D eigenvalue weighted by Gasteiger charge is -2.16. The molecule has 7 heteroatoms. The van der Waals surface area contributed by atoms with Gasteiger partial charge in [-0.3, -0.25) is 4.79 Å². The van der Waals surface area contributed by atoms with Crippen LogP contribution in [0.3, 0.4) is 0 Å². The van der Waals surface area contributed by atoms with Gasteiger partial charge in [-0.15, -0.1) is 0 Å². The monoisotopic (exact) mass is 472 g/mol. The molecule has 1 aliphatic carbocycles. The van der Waals surface area contributed by atoms with E-state index in [2.05, 4.69) is 22.8 Å². The van der Waals surface area contributed by atoms with Gasteiger partial charge in [0, 0.05) is 18.9 Å². The number of carboxylic acids is 1. The molecule has 180 valence electrons. The molecule has 3 aromatic carbocycles. The van der Waals surface area contributed by atoms with Gasteiger partial charge in [-0.2, -0.15) is 0 Å². The first-order valence-electron chi connectivity index (χ1n) is 11.7. The molecule has 1 atom stereocenters. The Morgan fingerprint density at radius 2 is 1.46 bits per heavy atom. The van der Waals surface area contributed by atoms with E-state index in [9.17, 15) is 19.5 Å². The van der Waals surface area contributed by atoms with E-state index in [-0.39, 0.29) is 31.9 Å². The fraction of sp³-hybridized carbons (Fsp3) is 0.250. The summed E-state index contributed by atoms with van der Waals surface area (Å²) in [5.41, 5.74) is 5.54. The number of hydrogen-bond donors (Lipinski definition) is 3. The normalized spacial score (nSPS) is 12.8. The highest BCUT2D eigenvalue weighted by Crippen LogP contribution is 2.44. The van der Waals surface area contributed by atoms with Crippen LogP contribution in [0.2, 0.25) is 0 Å². The van der Waals surface area contributed by atoms with Crippen molar-refractivity contribution in [2.45, 2.75) is 31.2 Å². The number of aliphatic carboxylic acids is 1. The van der Waals surface area contributed by atoms with Gasteiger partial charge in [0.1, 0.15) is 12.6 Å². The molecule has 0 bridgehead atoms. The molecule has 0 aromatic heterocycles. The van der Waals surface area contributed by atoms with Crippen molar-refractivity contribution >= 4 is 18.0 Å². The molecule has 0 aliphatic heterocycles. The van der Waals surface area contributed by atoms with Crippen LogP contribution in [-0.4, -0.2) is 42.3 Å². The van der Waals surface area contributed by atoms with Crippen LogP contribution in [-0.2, 0) is 20.7 Å². The predicted octanol–water partition coefficient (Wildman–Crippen LogP) is 4.12. The Kier molecular flexibility index (Phi) is 7.77. The first-order chi connectivity index (χ1) is 17.0. The Morgan fingerprint density at radius 1 is 0.857 bits per heavy atom. The third-order valence-corrected chi connectivity index (χ3v) is 6.16. The highest BCUT2D eigenvalue weighted by atomic mass is 16.5. The smallest absolute Gasteiger partial charge is 0.407 e. The fourth-order valence-electron chi connectivity index (χ4n) is 4.41. The molecule has 0 heterocycles. The third kappa shape index (κ3) is 6.06. The van der Waals surface area contributed by atoms with Gasteiger partial charge in [0.15, 0.2) is 0 Å². The van der Waals surface area contributed by atoms with E-state index < -0.39 is 24.0 Å². The molecule has 1 aliphatic rings. The standard InChI is InChI=1S/C28H28N2O5/c31-26(30-25(27(32)33)15-14-19-8-2-1-3-9-19)16-17-29-28(34)35-18-24-22-12-6-4-10-20(22)21-11-5-7-13-23(21)24/h1-13,24-25H,14-18H2,(H,29,34)(H,30,31)(H,32,33)/t25-/m0/s1. The van der Waals surface area contributed by atoms with Gasteiger partial charge in [-0.25, -0.2) is 9.59 Å². The number of carbonyl (C=O) groups excluding carboxylic acids is 2. The summed E-state index contributed by atoms with van der Waals surface area (Å²) in [6.45, 7) is 0.236. The van der Waals surface area contributed by atoms with Gasteiger partial charge in [0.2, 0.25) is 5.91 Å². The Morgan fingerprint density at radius 3 is 2.09 bits per heavy atom. The van der Waals surface area contributed by atoms with Gasteiger partial charge >= 0.3 is 12.1 Å². The first-order valence-corrected chi connectivity index (χ1v) is 11.7. The molecule has 0 fully saturated rings. The minimum Gasteiger partial charge on any atom is -0.480 e. The Labute approximate surface area is 204 Å². The number of alkyl carbamates (subject to hydrolysis) is 1. The van der Waals surface area contributed by atoms with Crippen LogP contribution in [0.4, 0.5) is 4.79 Å². The van der Waals surface area contributed by atoms with Crippen LogP contribution >= 0.6 is 0 Å². The van der Waals surface area contributed by atoms with Gasteiger partial charge in [0.05, 0.1) is 0 Å². The predicted molar refractivity (Wildman–Crippen MR) is 132 cm³/mol. The number of carboxylic acid groups (broad SMARTS) is 1. The maximum Gasteiger partial charge on any atom is 0.407 e. The number of carbonyl (C=O) groups is 3. The van der Waals surface area contributed by atoms with Crippen LogP contribution in [0.5, 0.6) is 0 Å². The summed E-state index contributed by atoms with van der Waals surface area (Å²) >= 11 is 0. The molecule has 0 spiro atoms. The van der Waals surface area contributed by atoms with E-state index in [4.69, 9.17) is 4.74 Å². The van der Waals surface area contributed by atoms with E-state index in [1.54, 1.807) is 0 Å². The van der Waals surface area contributed by atoms with Crippen molar-refractivity contribution in [2.75, 3.05) is 13.2 Å². The van der Waals surface area contributed by atoms with Crippen LogP contribution in [0.1, 0.15) is 35.4 Å². The lowest BCUT2D eigenvalue weighted by molar-refractivity contribution is -0.142. The number of ether oxygens (including phenoxy) is 1. The number of rotatable bonds is 10. The molecule has 4 rings (SSSR count). The SMILES string of the molecule is O=C(CCNC(=O)OCC1c2ccccc2-c2ccccc21)N[C@@H](CCc1ccccc1)C(=O)O. The summed E-state index contributed by atoms with van der Waals surface area (Å²) in [6.07, 6.45) is 0.166. The van der Waals surface area contributed by atoms with Crippen molar-refractivity contribution in [3.8, 4) is 11.1 Å². The summed E-state index contributed by atoms with van der Waals surface area (Å²) in [5.74, 6) is -1.57. The van der Waals surface area contributed by atoms with Gasteiger partial charge in [-0.05, 0) is 40.7 Å². The number of amides is 2. The van der Waals surface area contributed by atoms with Gasteiger partial charge in [0.25, 0.3) is 0 Å². The van der Waals surface area contributed by atoms with Crippen LogP contribution in [0.25, 0.3) is 11.1 Å². The average molecular weight is 473 g/mol. The van der Waals surface area contributed by atoms with Gasteiger partial charge in [-0.1, -0.05) is 78.9 Å². The quantitative estimate of drug-likeness (QED) is 0.412. The van der Waals surface area contributed by atoms with Crippen LogP contribution in [0.15, 0.2) is 78.9 Å². The Bertz CT molecular complexity index is 1150. The third-order valence-electron chi connectivity index (χ3n) is 6.16. The molecule has 3 aromatic rings. The minimum atomic E-state index is -1.08. The molecule has 3 N–H and O–H groups in total. The zero-order valence-electron chi connectivity index (χ0n) is 19.3. The van der Waals surface area contributed by atoms with Crippen LogP contribution in [0, 0.1) is 0 Å². The minimum absolute atomic E-state index is 0.0423. The molecular formula is C28H28N2O5. The molecule has 0 saturated heterocycles. The van der Waals surface area contributed by atoms with E-state index in [1.165, 1.54) is 0 Å². The second-order valence-electron chi connectivity index (χ2n) is 8.48. The number of benzene rings is 3. The lowest BCUT2D eigenvalue weighted by Crippen LogP contribution is -2.42. The molecule has 0 saturated carbocycles. The maximum atomic E-state index is 12.2. The van der Waals surface area contributed by atoms with Crippen molar-refractivity contribution in [1.29, 1.82) is 0 Å². The highest BCUT2D eigenvalue weighted by molar-refractivity contribution is 5.84. The summed E-state index contributed by atoms with van der Waals surface area (Å²) in [4.78, 5) is 36.0. The fourth-order valence-corrected chi connectivity index (χ4v) is 4.41. The highest BCUT2D eigenvalue weighted by Gasteiger charge is 2.29. The summed E-state index contributed by atoms with van der Waals surface area (Å²) in [5, 5.41) is 14.5. The zero-order valence-corrected chi connectivity index (χ0v) is 19.3. The first kappa shape index (κ1) is 24.0. The molecule has 35 heavy (non-hydrogen) atoms. The average Bonchev–Trinajstić information content (AvgIpc) is 3.19. The number of aryl methyl sites for hydroxylation is 1.